The van der Waals surface area contributed by atoms with E-state index in [0.29, 0.717) is 18.5 Å². The number of carbonyl (C=O) groups excluding carboxylic acids is 3. The van der Waals surface area contributed by atoms with Gasteiger partial charge >= 0.3 is 0 Å². The zero-order valence-corrected chi connectivity index (χ0v) is 15.3. The van der Waals surface area contributed by atoms with E-state index < -0.39 is 12.0 Å². The van der Waals surface area contributed by atoms with Gasteiger partial charge in [-0.3, -0.25) is 14.4 Å². The molecular formula is C19H27N3O3. The highest BCUT2D eigenvalue weighted by Crippen LogP contribution is 2.16. The number of rotatable bonds is 7. The Morgan fingerprint density at radius 1 is 1.24 bits per heavy atom. The molecule has 6 nitrogen and oxygen atoms in total. The summed E-state index contributed by atoms with van der Waals surface area (Å²) in [5.74, 6) is -0.997. The molecule has 2 N–H and O–H groups in total. The molecule has 1 fully saturated rings. The van der Waals surface area contributed by atoms with Crippen molar-refractivity contribution >= 4 is 23.2 Å². The molecule has 6 heteroatoms. The number of carbonyl (C=O) groups is 3. The molecule has 1 saturated heterocycles. The minimum atomic E-state index is -0.653. The van der Waals surface area contributed by atoms with Crippen molar-refractivity contribution in [1.82, 2.24) is 10.6 Å². The second-order valence-electron chi connectivity index (χ2n) is 7.15. The molecule has 0 aromatic heterocycles. The SMILES string of the molecule is CC(C)CC(NC(=O)c1ccc(N(C)C)cc1)C(=O)C1CNCC1=O. The first-order valence-electron chi connectivity index (χ1n) is 8.65. The predicted octanol–water partition coefficient (Wildman–Crippen LogP) is 1.25. The van der Waals surface area contributed by atoms with E-state index in [9.17, 15) is 14.4 Å². The fourth-order valence-corrected chi connectivity index (χ4v) is 2.95. The lowest BCUT2D eigenvalue weighted by Gasteiger charge is -2.22. The van der Waals surface area contributed by atoms with Gasteiger partial charge in [0.15, 0.2) is 11.6 Å². The van der Waals surface area contributed by atoms with Gasteiger partial charge in [-0.2, -0.15) is 0 Å². The van der Waals surface area contributed by atoms with Gasteiger partial charge in [0.05, 0.1) is 18.5 Å². The van der Waals surface area contributed by atoms with Crippen molar-refractivity contribution in [1.29, 1.82) is 0 Å². The van der Waals surface area contributed by atoms with E-state index in [1.54, 1.807) is 12.1 Å². The minimum Gasteiger partial charge on any atom is -0.378 e. The highest BCUT2D eigenvalue weighted by molar-refractivity contribution is 6.08. The van der Waals surface area contributed by atoms with Crippen molar-refractivity contribution in [3.8, 4) is 0 Å². The van der Waals surface area contributed by atoms with Gasteiger partial charge in [0.1, 0.15) is 0 Å². The number of ketones is 2. The molecule has 1 amide bonds. The van der Waals surface area contributed by atoms with Gasteiger partial charge in [-0.05, 0) is 36.6 Å². The minimum absolute atomic E-state index is 0.0941. The first-order chi connectivity index (χ1) is 11.8. The van der Waals surface area contributed by atoms with Crippen LogP contribution in [0.5, 0.6) is 0 Å². The highest BCUT2D eigenvalue weighted by atomic mass is 16.2. The Morgan fingerprint density at radius 2 is 1.88 bits per heavy atom. The Hall–Kier alpha value is -2.21. The Labute approximate surface area is 149 Å². The molecule has 2 rings (SSSR count). The fourth-order valence-electron chi connectivity index (χ4n) is 2.95. The van der Waals surface area contributed by atoms with E-state index in [1.165, 1.54) is 0 Å². The van der Waals surface area contributed by atoms with Gasteiger partial charge in [-0.15, -0.1) is 0 Å². The average Bonchev–Trinajstić information content (AvgIpc) is 2.99. The van der Waals surface area contributed by atoms with Crippen LogP contribution in [-0.4, -0.2) is 50.7 Å². The van der Waals surface area contributed by atoms with E-state index in [2.05, 4.69) is 10.6 Å². The Bertz CT molecular complexity index is 638. The molecule has 1 heterocycles. The highest BCUT2D eigenvalue weighted by Gasteiger charge is 2.36. The lowest BCUT2D eigenvalue weighted by atomic mass is 9.91. The molecule has 0 bridgehead atoms. The zero-order chi connectivity index (χ0) is 18.6. The number of Topliss-reactive ketones (excluding diaryl/α,β-unsaturated/α-hetero) is 2. The van der Waals surface area contributed by atoms with Gasteiger partial charge < -0.3 is 15.5 Å². The van der Waals surface area contributed by atoms with Crippen molar-refractivity contribution < 1.29 is 14.4 Å². The van der Waals surface area contributed by atoms with E-state index in [-0.39, 0.29) is 29.9 Å². The van der Waals surface area contributed by atoms with Crippen molar-refractivity contribution in [2.24, 2.45) is 11.8 Å². The third kappa shape index (κ3) is 4.89. The molecule has 136 valence electrons. The summed E-state index contributed by atoms with van der Waals surface area (Å²) in [6.45, 7) is 4.57. The van der Waals surface area contributed by atoms with E-state index >= 15 is 0 Å². The maximum Gasteiger partial charge on any atom is 0.251 e. The van der Waals surface area contributed by atoms with Crippen LogP contribution in [0.2, 0.25) is 0 Å². The average molecular weight is 345 g/mol. The Morgan fingerprint density at radius 3 is 2.36 bits per heavy atom. The van der Waals surface area contributed by atoms with Crippen LogP contribution in [0.15, 0.2) is 24.3 Å². The van der Waals surface area contributed by atoms with E-state index in [1.807, 2.05) is 45.0 Å². The standard InChI is InChI=1S/C19H27N3O3/c1-12(2)9-16(18(24)15-10-20-11-17(15)23)21-19(25)13-5-7-14(8-6-13)22(3)4/h5-8,12,15-16,20H,9-11H2,1-4H3,(H,21,25). The number of hydrogen-bond donors (Lipinski definition) is 2. The predicted molar refractivity (Wildman–Crippen MR) is 97.9 cm³/mol. The molecule has 1 aliphatic heterocycles. The van der Waals surface area contributed by atoms with Crippen molar-refractivity contribution in [3.05, 3.63) is 29.8 Å². The van der Waals surface area contributed by atoms with Crippen LogP contribution in [0, 0.1) is 11.8 Å². The first kappa shape index (κ1) is 19.1. The summed E-state index contributed by atoms with van der Waals surface area (Å²) in [5.41, 5.74) is 1.50. The number of amides is 1. The normalized spacial score (nSPS) is 18.3. The van der Waals surface area contributed by atoms with Crippen molar-refractivity contribution in [3.63, 3.8) is 0 Å². The van der Waals surface area contributed by atoms with Gasteiger partial charge in [-0.1, -0.05) is 13.8 Å². The smallest absolute Gasteiger partial charge is 0.251 e. The molecular weight excluding hydrogens is 318 g/mol. The summed E-state index contributed by atoms with van der Waals surface area (Å²) >= 11 is 0. The quantitative estimate of drug-likeness (QED) is 0.727. The number of nitrogens with zero attached hydrogens (tertiary/aromatic N) is 1. The van der Waals surface area contributed by atoms with E-state index in [0.717, 1.165) is 5.69 Å². The molecule has 1 aromatic carbocycles. The van der Waals surface area contributed by atoms with Crippen LogP contribution in [0.4, 0.5) is 5.69 Å². The summed E-state index contributed by atoms with van der Waals surface area (Å²) < 4.78 is 0. The maximum atomic E-state index is 12.7. The van der Waals surface area contributed by atoms with Gasteiger partial charge in [0.25, 0.3) is 5.91 Å². The van der Waals surface area contributed by atoms with Gasteiger partial charge in [0, 0.05) is 31.9 Å². The van der Waals surface area contributed by atoms with Crippen LogP contribution in [-0.2, 0) is 9.59 Å². The molecule has 0 saturated carbocycles. The molecule has 2 atom stereocenters. The first-order valence-corrected chi connectivity index (χ1v) is 8.65. The summed E-state index contributed by atoms with van der Waals surface area (Å²) in [5, 5.41) is 5.75. The third-order valence-electron chi connectivity index (χ3n) is 4.38. The maximum absolute atomic E-state index is 12.7. The topological polar surface area (TPSA) is 78.5 Å². The Kier molecular flexibility index (Phi) is 6.31. The van der Waals surface area contributed by atoms with Gasteiger partial charge in [0.2, 0.25) is 0 Å². The third-order valence-corrected chi connectivity index (χ3v) is 4.38. The van der Waals surface area contributed by atoms with Crippen molar-refractivity contribution in [2.45, 2.75) is 26.3 Å². The fraction of sp³-hybridized carbons (Fsp3) is 0.526. The monoisotopic (exact) mass is 345 g/mol. The summed E-state index contributed by atoms with van der Waals surface area (Å²) in [4.78, 5) is 39.1. The van der Waals surface area contributed by atoms with Crippen LogP contribution < -0.4 is 15.5 Å². The molecule has 0 spiro atoms. The molecule has 0 aliphatic carbocycles. The van der Waals surface area contributed by atoms with Crippen LogP contribution in [0.25, 0.3) is 0 Å². The van der Waals surface area contributed by atoms with Crippen LogP contribution in [0.3, 0.4) is 0 Å². The number of anilines is 1. The lowest BCUT2D eigenvalue weighted by Crippen LogP contribution is -2.46. The number of hydrogen-bond acceptors (Lipinski definition) is 5. The lowest BCUT2D eigenvalue weighted by molar-refractivity contribution is -0.131. The second-order valence-corrected chi connectivity index (χ2v) is 7.15. The Balaban J connectivity index is 2.11. The second kappa shape index (κ2) is 8.25. The van der Waals surface area contributed by atoms with Crippen molar-refractivity contribution in [2.75, 3.05) is 32.1 Å². The number of benzene rings is 1. The molecule has 1 aliphatic rings. The number of nitrogens with one attached hydrogen (secondary N) is 2. The molecule has 0 radical (unpaired) electrons. The largest absolute Gasteiger partial charge is 0.378 e. The van der Waals surface area contributed by atoms with E-state index in [4.69, 9.17) is 0 Å². The molecule has 1 aromatic rings. The summed E-state index contributed by atoms with van der Waals surface area (Å²) in [6.07, 6.45) is 0.518. The van der Waals surface area contributed by atoms with Crippen LogP contribution >= 0.6 is 0 Å². The van der Waals surface area contributed by atoms with Gasteiger partial charge in [-0.25, -0.2) is 0 Å². The molecule has 2 unspecified atom stereocenters. The summed E-state index contributed by atoms with van der Waals surface area (Å²) in [7, 11) is 3.86. The zero-order valence-electron chi connectivity index (χ0n) is 15.3. The van der Waals surface area contributed by atoms with Crippen LogP contribution in [0.1, 0.15) is 30.6 Å². The molecule has 25 heavy (non-hydrogen) atoms. The summed E-state index contributed by atoms with van der Waals surface area (Å²) in [6, 6.07) is 6.56.